The number of hydrogen-bond acceptors (Lipinski definition) is 3. The van der Waals surface area contributed by atoms with Crippen molar-refractivity contribution in [2.45, 2.75) is 26.9 Å². The van der Waals surface area contributed by atoms with Crippen LogP contribution >= 0.6 is 0 Å². The number of rotatable bonds is 6. The van der Waals surface area contributed by atoms with Gasteiger partial charge in [0.2, 0.25) is 0 Å². The van der Waals surface area contributed by atoms with E-state index in [9.17, 15) is 5.11 Å². The van der Waals surface area contributed by atoms with Crippen molar-refractivity contribution >= 4 is 5.96 Å². The van der Waals surface area contributed by atoms with Gasteiger partial charge < -0.3 is 20.5 Å². The van der Waals surface area contributed by atoms with Crippen molar-refractivity contribution in [2.24, 2.45) is 4.99 Å². The molecule has 0 atom stereocenters. The third kappa shape index (κ3) is 4.91. The smallest absolute Gasteiger partial charge is 0.191 e. The molecule has 0 aliphatic heterocycles. The lowest BCUT2D eigenvalue weighted by molar-refractivity contribution is 0.370. The molecule has 0 heterocycles. The molecule has 0 bridgehead atoms. The van der Waals surface area contributed by atoms with Crippen molar-refractivity contribution in [3.05, 3.63) is 59.2 Å². The highest BCUT2D eigenvalue weighted by Crippen LogP contribution is 2.29. The molecule has 2 aromatic carbocycles. The Bertz CT molecular complexity index is 682. The largest absolute Gasteiger partial charge is 0.504 e. The quantitative estimate of drug-likeness (QED) is 0.564. The second-order valence-electron chi connectivity index (χ2n) is 5.50. The van der Waals surface area contributed by atoms with Crippen LogP contribution < -0.4 is 15.4 Å². The molecule has 0 aliphatic carbocycles. The Morgan fingerprint density at radius 1 is 1.12 bits per heavy atom. The number of methoxy groups -OCH3 is 1. The van der Waals surface area contributed by atoms with Crippen LogP contribution in [0.25, 0.3) is 0 Å². The van der Waals surface area contributed by atoms with Crippen LogP contribution in [-0.2, 0) is 13.1 Å². The lowest BCUT2D eigenvalue weighted by Gasteiger charge is -2.13. The number of phenolic OH excluding ortho intramolecular Hbond substituents is 1. The number of para-hydroxylation sites is 1. The Hall–Kier alpha value is -2.69. The summed E-state index contributed by atoms with van der Waals surface area (Å²) in [7, 11) is 1.54. The number of nitrogens with one attached hydrogen (secondary N) is 2. The average Bonchev–Trinajstić information content (AvgIpc) is 2.60. The molecule has 128 valence electrons. The van der Waals surface area contributed by atoms with Crippen LogP contribution in [0.15, 0.2) is 47.5 Å². The molecule has 0 amide bonds. The van der Waals surface area contributed by atoms with E-state index >= 15 is 0 Å². The number of aryl methyl sites for hydroxylation is 1. The van der Waals surface area contributed by atoms with Crippen molar-refractivity contribution in [1.82, 2.24) is 10.6 Å². The van der Waals surface area contributed by atoms with Crippen LogP contribution in [-0.4, -0.2) is 24.7 Å². The minimum atomic E-state index is 0.155. The minimum Gasteiger partial charge on any atom is -0.504 e. The Balaban J connectivity index is 2.03. The van der Waals surface area contributed by atoms with Gasteiger partial charge >= 0.3 is 0 Å². The van der Waals surface area contributed by atoms with Crippen LogP contribution in [0.1, 0.15) is 23.6 Å². The third-order valence-electron chi connectivity index (χ3n) is 3.63. The zero-order chi connectivity index (χ0) is 17.4. The van der Waals surface area contributed by atoms with E-state index in [1.54, 1.807) is 13.2 Å². The van der Waals surface area contributed by atoms with Gasteiger partial charge in [-0.3, -0.25) is 0 Å². The molecule has 0 fully saturated rings. The predicted octanol–water partition coefficient (Wildman–Crippen LogP) is 2.96. The van der Waals surface area contributed by atoms with Gasteiger partial charge in [-0.1, -0.05) is 42.0 Å². The van der Waals surface area contributed by atoms with Crippen LogP contribution in [0.5, 0.6) is 11.5 Å². The van der Waals surface area contributed by atoms with Gasteiger partial charge in [-0.25, -0.2) is 4.99 Å². The summed E-state index contributed by atoms with van der Waals surface area (Å²) in [6, 6.07) is 13.8. The Kier molecular flexibility index (Phi) is 6.49. The van der Waals surface area contributed by atoms with Gasteiger partial charge in [0, 0.05) is 18.7 Å². The first-order chi connectivity index (χ1) is 11.6. The molecule has 0 aromatic heterocycles. The van der Waals surface area contributed by atoms with Crippen LogP contribution in [0, 0.1) is 6.92 Å². The summed E-state index contributed by atoms with van der Waals surface area (Å²) >= 11 is 0. The van der Waals surface area contributed by atoms with E-state index < -0.39 is 0 Å². The Morgan fingerprint density at radius 2 is 1.88 bits per heavy atom. The molecule has 24 heavy (non-hydrogen) atoms. The highest BCUT2D eigenvalue weighted by molar-refractivity contribution is 5.79. The van der Waals surface area contributed by atoms with Crippen molar-refractivity contribution < 1.29 is 9.84 Å². The standard InChI is InChI=1S/C19H25N3O2/c1-4-20-19(21-12-15-10-8-14(2)9-11-15)22-13-16-6-5-7-17(24-3)18(16)23/h5-11,23H,4,12-13H2,1-3H3,(H2,20,21,22). The highest BCUT2D eigenvalue weighted by Gasteiger charge is 2.07. The van der Waals surface area contributed by atoms with E-state index in [2.05, 4.69) is 46.8 Å². The molecule has 0 unspecified atom stereocenters. The molecule has 2 rings (SSSR count). The highest BCUT2D eigenvalue weighted by atomic mass is 16.5. The zero-order valence-electron chi connectivity index (χ0n) is 14.5. The molecule has 0 spiro atoms. The number of ether oxygens (including phenoxy) is 1. The Labute approximate surface area is 143 Å². The third-order valence-corrected chi connectivity index (χ3v) is 3.63. The molecule has 5 nitrogen and oxygen atoms in total. The van der Waals surface area contributed by atoms with Gasteiger partial charge in [0.1, 0.15) is 0 Å². The first-order valence-corrected chi connectivity index (χ1v) is 8.06. The van der Waals surface area contributed by atoms with E-state index in [1.165, 1.54) is 5.56 Å². The summed E-state index contributed by atoms with van der Waals surface area (Å²) < 4.78 is 5.13. The molecule has 2 aromatic rings. The molecule has 3 N–H and O–H groups in total. The molecular weight excluding hydrogens is 302 g/mol. The average molecular weight is 327 g/mol. The molecule has 5 heteroatoms. The summed E-state index contributed by atoms with van der Waals surface area (Å²) in [5.74, 6) is 1.33. The van der Waals surface area contributed by atoms with Crippen molar-refractivity contribution in [2.75, 3.05) is 13.7 Å². The number of hydrogen-bond donors (Lipinski definition) is 3. The van der Waals surface area contributed by atoms with Crippen LogP contribution in [0.3, 0.4) is 0 Å². The van der Waals surface area contributed by atoms with Crippen molar-refractivity contribution in [1.29, 1.82) is 0 Å². The lowest BCUT2D eigenvalue weighted by Crippen LogP contribution is -2.36. The lowest BCUT2D eigenvalue weighted by atomic mass is 10.1. The monoisotopic (exact) mass is 327 g/mol. The SMILES string of the molecule is CCNC(=NCc1ccc(C)cc1)NCc1cccc(OC)c1O. The van der Waals surface area contributed by atoms with Gasteiger partial charge in [-0.15, -0.1) is 0 Å². The summed E-state index contributed by atoms with van der Waals surface area (Å²) in [4.78, 5) is 4.58. The topological polar surface area (TPSA) is 65.9 Å². The first-order valence-electron chi connectivity index (χ1n) is 8.06. The van der Waals surface area contributed by atoms with Crippen molar-refractivity contribution in [3.8, 4) is 11.5 Å². The van der Waals surface area contributed by atoms with E-state index in [-0.39, 0.29) is 5.75 Å². The summed E-state index contributed by atoms with van der Waals surface area (Å²) in [5, 5.41) is 16.6. The molecule has 0 radical (unpaired) electrons. The molecule has 0 saturated carbocycles. The second-order valence-corrected chi connectivity index (χ2v) is 5.50. The number of phenols is 1. The first kappa shape index (κ1) is 17.7. The van der Waals surface area contributed by atoms with Gasteiger partial charge in [0.25, 0.3) is 0 Å². The molecular formula is C19H25N3O2. The van der Waals surface area contributed by atoms with Crippen LogP contribution in [0.4, 0.5) is 0 Å². The maximum atomic E-state index is 10.1. The predicted molar refractivity (Wildman–Crippen MR) is 97.5 cm³/mol. The van der Waals surface area contributed by atoms with Gasteiger partial charge in [-0.05, 0) is 25.5 Å². The summed E-state index contributed by atoms with van der Waals surface area (Å²) in [6.07, 6.45) is 0. The second kappa shape index (κ2) is 8.82. The normalized spacial score (nSPS) is 11.2. The fourth-order valence-corrected chi connectivity index (χ4v) is 2.26. The zero-order valence-corrected chi connectivity index (χ0v) is 14.5. The number of guanidine groups is 1. The van der Waals surface area contributed by atoms with Gasteiger partial charge in [0.15, 0.2) is 17.5 Å². The molecule has 0 aliphatic rings. The minimum absolute atomic E-state index is 0.155. The van der Waals surface area contributed by atoms with E-state index in [1.807, 2.05) is 19.1 Å². The Morgan fingerprint density at radius 3 is 2.54 bits per heavy atom. The van der Waals surface area contributed by atoms with Gasteiger partial charge in [-0.2, -0.15) is 0 Å². The maximum Gasteiger partial charge on any atom is 0.191 e. The van der Waals surface area contributed by atoms with E-state index in [4.69, 9.17) is 4.74 Å². The number of benzene rings is 2. The fraction of sp³-hybridized carbons (Fsp3) is 0.316. The van der Waals surface area contributed by atoms with Gasteiger partial charge in [0.05, 0.1) is 13.7 Å². The maximum absolute atomic E-state index is 10.1. The van der Waals surface area contributed by atoms with E-state index in [0.29, 0.717) is 24.8 Å². The number of nitrogens with zero attached hydrogens (tertiary/aromatic N) is 1. The fourth-order valence-electron chi connectivity index (χ4n) is 2.26. The number of aliphatic imine (C=N–C) groups is 1. The molecule has 0 saturated heterocycles. The van der Waals surface area contributed by atoms with Crippen molar-refractivity contribution in [3.63, 3.8) is 0 Å². The summed E-state index contributed by atoms with van der Waals surface area (Å²) in [6.45, 7) is 5.91. The van der Waals surface area contributed by atoms with E-state index in [0.717, 1.165) is 17.7 Å². The number of aromatic hydroxyl groups is 1. The van der Waals surface area contributed by atoms with Crippen LogP contribution in [0.2, 0.25) is 0 Å². The summed E-state index contributed by atoms with van der Waals surface area (Å²) in [5.41, 5.74) is 3.15.